The standard InChI is InChI=1S/C16H20N2O2S/c1-4-12-6-7-13(21-12)10-20-16(19)14-9-11(17)5-8-15(14)18(2)3/h5-9H,4,10,17H2,1-3H3. The van der Waals surface area contributed by atoms with Crippen molar-refractivity contribution >= 4 is 28.7 Å². The SMILES string of the molecule is CCc1ccc(COC(=O)c2cc(N)ccc2N(C)C)s1. The molecule has 1 aromatic carbocycles. The third kappa shape index (κ3) is 3.76. The second-order valence-corrected chi connectivity index (χ2v) is 6.22. The molecule has 0 saturated heterocycles. The molecule has 0 aliphatic rings. The van der Waals surface area contributed by atoms with E-state index in [1.165, 1.54) is 4.88 Å². The molecule has 2 rings (SSSR count). The molecule has 5 heteroatoms. The molecule has 0 spiro atoms. The molecule has 1 heterocycles. The van der Waals surface area contributed by atoms with Crippen molar-refractivity contribution in [1.82, 2.24) is 0 Å². The van der Waals surface area contributed by atoms with Crippen molar-refractivity contribution in [3.63, 3.8) is 0 Å². The third-order valence-electron chi connectivity index (χ3n) is 3.13. The summed E-state index contributed by atoms with van der Waals surface area (Å²) < 4.78 is 5.41. The van der Waals surface area contributed by atoms with Crippen LogP contribution in [0.3, 0.4) is 0 Å². The van der Waals surface area contributed by atoms with Gasteiger partial charge in [0, 0.05) is 29.5 Å². The third-order valence-corrected chi connectivity index (χ3v) is 4.34. The lowest BCUT2D eigenvalue weighted by Crippen LogP contribution is -2.15. The van der Waals surface area contributed by atoms with Gasteiger partial charge < -0.3 is 15.4 Å². The van der Waals surface area contributed by atoms with E-state index in [1.54, 1.807) is 23.5 Å². The number of esters is 1. The molecule has 1 aromatic heterocycles. The normalized spacial score (nSPS) is 10.4. The van der Waals surface area contributed by atoms with Crippen LogP contribution in [0.4, 0.5) is 11.4 Å². The first-order valence-corrected chi connectivity index (χ1v) is 7.64. The summed E-state index contributed by atoms with van der Waals surface area (Å²) in [6.07, 6.45) is 0.999. The van der Waals surface area contributed by atoms with Gasteiger partial charge in [0.15, 0.2) is 0 Å². The Bertz CT molecular complexity index is 635. The topological polar surface area (TPSA) is 55.6 Å². The maximum atomic E-state index is 12.3. The summed E-state index contributed by atoms with van der Waals surface area (Å²) in [5, 5.41) is 0. The van der Waals surface area contributed by atoms with Crippen LogP contribution in [0.15, 0.2) is 30.3 Å². The zero-order chi connectivity index (χ0) is 15.4. The van der Waals surface area contributed by atoms with E-state index in [1.807, 2.05) is 31.1 Å². The lowest BCUT2D eigenvalue weighted by atomic mass is 10.1. The Hall–Kier alpha value is -2.01. The molecule has 2 aromatic rings. The fraction of sp³-hybridized carbons (Fsp3) is 0.312. The minimum absolute atomic E-state index is 0.297. The lowest BCUT2D eigenvalue weighted by Gasteiger charge is -2.17. The van der Waals surface area contributed by atoms with E-state index in [0.717, 1.165) is 17.0 Å². The van der Waals surface area contributed by atoms with E-state index in [4.69, 9.17) is 10.5 Å². The Morgan fingerprint density at radius 3 is 2.57 bits per heavy atom. The van der Waals surface area contributed by atoms with Gasteiger partial charge in [-0.15, -0.1) is 11.3 Å². The maximum Gasteiger partial charge on any atom is 0.340 e. The smallest absolute Gasteiger partial charge is 0.340 e. The number of nitrogen functional groups attached to an aromatic ring is 1. The number of hydrogen-bond donors (Lipinski definition) is 1. The van der Waals surface area contributed by atoms with Crippen LogP contribution in [-0.4, -0.2) is 20.1 Å². The highest BCUT2D eigenvalue weighted by molar-refractivity contribution is 7.11. The number of rotatable bonds is 5. The van der Waals surface area contributed by atoms with Crippen LogP contribution in [0.1, 0.15) is 27.0 Å². The molecule has 0 unspecified atom stereocenters. The van der Waals surface area contributed by atoms with Gasteiger partial charge in [0.1, 0.15) is 6.61 Å². The highest BCUT2D eigenvalue weighted by Crippen LogP contribution is 2.23. The number of ether oxygens (including phenoxy) is 1. The maximum absolute atomic E-state index is 12.3. The molecule has 0 bridgehead atoms. The first-order chi connectivity index (χ1) is 10.0. The van der Waals surface area contributed by atoms with E-state index in [9.17, 15) is 4.79 Å². The number of thiophene rings is 1. The predicted molar refractivity (Wildman–Crippen MR) is 88.0 cm³/mol. The summed E-state index contributed by atoms with van der Waals surface area (Å²) in [4.78, 5) is 16.5. The summed E-state index contributed by atoms with van der Waals surface area (Å²) in [5.41, 5.74) is 7.62. The van der Waals surface area contributed by atoms with Gasteiger partial charge in [0.2, 0.25) is 0 Å². The number of carbonyl (C=O) groups is 1. The van der Waals surface area contributed by atoms with Gasteiger partial charge in [-0.1, -0.05) is 6.92 Å². The molecule has 0 radical (unpaired) electrons. The number of nitrogens with zero attached hydrogens (tertiary/aromatic N) is 1. The highest BCUT2D eigenvalue weighted by atomic mass is 32.1. The number of anilines is 2. The molecule has 21 heavy (non-hydrogen) atoms. The molecule has 0 aliphatic carbocycles. The van der Waals surface area contributed by atoms with Crippen LogP contribution in [-0.2, 0) is 17.8 Å². The van der Waals surface area contributed by atoms with Gasteiger partial charge in [-0.25, -0.2) is 4.79 Å². The molecule has 0 amide bonds. The van der Waals surface area contributed by atoms with Gasteiger partial charge in [0.25, 0.3) is 0 Å². The Morgan fingerprint density at radius 1 is 1.24 bits per heavy atom. The Balaban J connectivity index is 2.11. The monoisotopic (exact) mass is 304 g/mol. The summed E-state index contributed by atoms with van der Waals surface area (Å²) in [6.45, 7) is 2.41. The first-order valence-electron chi connectivity index (χ1n) is 6.82. The van der Waals surface area contributed by atoms with Gasteiger partial charge in [-0.3, -0.25) is 0 Å². The molecule has 2 N–H and O–H groups in total. The van der Waals surface area contributed by atoms with Crippen molar-refractivity contribution in [1.29, 1.82) is 0 Å². The van der Waals surface area contributed by atoms with Crippen LogP contribution in [0.2, 0.25) is 0 Å². The van der Waals surface area contributed by atoms with Gasteiger partial charge in [-0.05, 0) is 36.8 Å². The van der Waals surface area contributed by atoms with E-state index in [0.29, 0.717) is 17.9 Å². The average Bonchev–Trinajstić information content (AvgIpc) is 2.92. The molecule has 4 nitrogen and oxygen atoms in total. The second kappa shape index (κ2) is 6.63. The van der Waals surface area contributed by atoms with E-state index in [2.05, 4.69) is 13.0 Å². The van der Waals surface area contributed by atoms with Crippen LogP contribution >= 0.6 is 11.3 Å². The molecule has 0 saturated carbocycles. The van der Waals surface area contributed by atoms with Crippen molar-refractivity contribution in [3.05, 3.63) is 45.6 Å². The average molecular weight is 304 g/mol. The summed E-state index contributed by atoms with van der Waals surface area (Å²) in [6, 6.07) is 9.33. The van der Waals surface area contributed by atoms with E-state index < -0.39 is 0 Å². The lowest BCUT2D eigenvalue weighted by molar-refractivity contribution is 0.0477. The number of carbonyl (C=O) groups excluding carboxylic acids is 1. The van der Waals surface area contributed by atoms with Crippen LogP contribution < -0.4 is 10.6 Å². The number of aryl methyl sites for hydroxylation is 1. The first kappa shape index (κ1) is 15.4. The predicted octanol–water partition coefficient (Wildman–Crippen LogP) is 3.32. The van der Waals surface area contributed by atoms with Crippen LogP contribution in [0.25, 0.3) is 0 Å². The molecule has 112 valence electrons. The zero-order valence-electron chi connectivity index (χ0n) is 12.6. The van der Waals surface area contributed by atoms with Gasteiger partial charge in [0.05, 0.1) is 11.3 Å². The Morgan fingerprint density at radius 2 is 1.95 bits per heavy atom. The van der Waals surface area contributed by atoms with E-state index in [-0.39, 0.29) is 5.97 Å². The molecular formula is C16H20N2O2S. The van der Waals surface area contributed by atoms with Gasteiger partial charge in [-0.2, -0.15) is 0 Å². The highest BCUT2D eigenvalue weighted by Gasteiger charge is 2.15. The molecular weight excluding hydrogens is 284 g/mol. The summed E-state index contributed by atoms with van der Waals surface area (Å²) in [7, 11) is 3.77. The Labute approximate surface area is 129 Å². The van der Waals surface area contributed by atoms with Crippen molar-refractivity contribution in [3.8, 4) is 0 Å². The fourth-order valence-corrected chi connectivity index (χ4v) is 2.88. The van der Waals surface area contributed by atoms with Crippen molar-refractivity contribution in [2.24, 2.45) is 0 Å². The number of nitrogens with two attached hydrogens (primary N) is 1. The van der Waals surface area contributed by atoms with E-state index >= 15 is 0 Å². The minimum Gasteiger partial charge on any atom is -0.456 e. The quantitative estimate of drug-likeness (QED) is 0.680. The number of hydrogen-bond acceptors (Lipinski definition) is 5. The van der Waals surface area contributed by atoms with Crippen LogP contribution in [0.5, 0.6) is 0 Å². The van der Waals surface area contributed by atoms with Crippen molar-refractivity contribution in [2.75, 3.05) is 24.7 Å². The molecule has 0 fully saturated rings. The summed E-state index contributed by atoms with van der Waals surface area (Å²) in [5.74, 6) is -0.350. The number of benzene rings is 1. The zero-order valence-corrected chi connectivity index (χ0v) is 13.4. The Kier molecular flexibility index (Phi) is 4.85. The fourth-order valence-electron chi connectivity index (χ4n) is 2.01. The van der Waals surface area contributed by atoms with Gasteiger partial charge >= 0.3 is 5.97 Å². The largest absolute Gasteiger partial charge is 0.456 e. The summed E-state index contributed by atoms with van der Waals surface area (Å²) >= 11 is 1.67. The second-order valence-electron chi connectivity index (χ2n) is 4.97. The minimum atomic E-state index is -0.350. The van der Waals surface area contributed by atoms with Crippen molar-refractivity contribution in [2.45, 2.75) is 20.0 Å². The van der Waals surface area contributed by atoms with Crippen molar-refractivity contribution < 1.29 is 9.53 Å². The molecule has 0 aliphatic heterocycles. The van der Waals surface area contributed by atoms with Crippen LogP contribution in [0, 0.1) is 0 Å². The molecule has 0 atom stereocenters.